The Morgan fingerprint density at radius 3 is 2.76 bits per heavy atom. The molecule has 1 amide bonds. The first-order valence-electron chi connectivity index (χ1n) is 11.6. The highest BCUT2D eigenvalue weighted by Gasteiger charge is 2.26. The topological polar surface area (TPSA) is 86.1 Å². The third-order valence-electron chi connectivity index (χ3n) is 5.77. The van der Waals surface area contributed by atoms with Crippen molar-refractivity contribution in [2.45, 2.75) is 63.9 Å². The van der Waals surface area contributed by atoms with Gasteiger partial charge in [-0.25, -0.2) is 4.79 Å². The van der Waals surface area contributed by atoms with Gasteiger partial charge in [0, 0.05) is 27.7 Å². The molecular weight excluding hydrogens is 488 g/mol. The number of fused-ring (bicyclic) bond motifs is 1. The molecule has 0 aliphatic heterocycles. The van der Waals surface area contributed by atoms with Crippen LogP contribution < -0.4 is 5.32 Å². The van der Waals surface area contributed by atoms with Crippen molar-refractivity contribution in [1.29, 1.82) is 0 Å². The summed E-state index contributed by atoms with van der Waals surface area (Å²) >= 11 is 4.57. The fraction of sp³-hybridized carbons (Fsp3) is 0.500. The standard InChI is InChI=1S/C24H30N4O3S3/c1-5-31-23(30)20-16-9-7-6-8-10-17(16)34-22(20)25-19(29)13-33-24-27-26-21(28(24)4)15-11-18(14(2)3)32-12-15/h11-12,14H,5-10,13H2,1-4H3,(H,25,29). The van der Waals surface area contributed by atoms with E-state index >= 15 is 0 Å². The number of amides is 1. The van der Waals surface area contributed by atoms with Crippen molar-refractivity contribution in [3.63, 3.8) is 0 Å². The number of carbonyl (C=O) groups excluding carboxylic acids is 2. The number of thiophene rings is 2. The first-order valence-corrected chi connectivity index (χ1v) is 14.3. The zero-order chi connectivity index (χ0) is 24.2. The summed E-state index contributed by atoms with van der Waals surface area (Å²) in [6, 6.07) is 2.15. The molecule has 0 aromatic carbocycles. The van der Waals surface area contributed by atoms with Crippen molar-refractivity contribution in [2.75, 3.05) is 17.7 Å². The predicted molar refractivity (Wildman–Crippen MR) is 139 cm³/mol. The maximum absolute atomic E-state index is 12.8. The summed E-state index contributed by atoms with van der Waals surface area (Å²) in [5.74, 6) is 0.917. The molecule has 0 spiro atoms. The number of rotatable bonds is 8. The van der Waals surface area contributed by atoms with Gasteiger partial charge in [-0.1, -0.05) is 32.0 Å². The van der Waals surface area contributed by atoms with Gasteiger partial charge < -0.3 is 14.6 Å². The molecule has 0 atom stereocenters. The van der Waals surface area contributed by atoms with Crippen molar-refractivity contribution in [3.8, 4) is 11.4 Å². The third-order valence-corrected chi connectivity index (χ3v) is 9.23. The highest BCUT2D eigenvalue weighted by molar-refractivity contribution is 7.99. The normalized spacial score (nSPS) is 13.6. The van der Waals surface area contributed by atoms with Gasteiger partial charge in [0.15, 0.2) is 11.0 Å². The van der Waals surface area contributed by atoms with E-state index in [9.17, 15) is 9.59 Å². The van der Waals surface area contributed by atoms with E-state index in [0.29, 0.717) is 28.2 Å². The number of esters is 1. The molecule has 7 nitrogen and oxygen atoms in total. The number of carbonyl (C=O) groups is 2. The van der Waals surface area contributed by atoms with Gasteiger partial charge in [0.05, 0.1) is 17.9 Å². The Hall–Kier alpha value is -2.17. The Bertz CT molecular complexity index is 1180. The maximum atomic E-state index is 12.8. The van der Waals surface area contributed by atoms with Crippen LogP contribution in [0.25, 0.3) is 11.4 Å². The molecule has 182 valence electrons. The second-order valence-electron chi connectivity index (χ2n) is 8.58. The first kappa shape index (κ1) is 24.9. The van der Waals surface area contributed by atoms with Crippen LogP contribution >= 0.6 is 34.4 Å². The van der Waals surface area contributed by atoms with E-state index in [0.717, 1.165) is 49.1 Å². The third kappa shape index (κ3) is 5.39. The molecule has 3 aromatic heterocycles. The van der Waals surface area contributed by atoms with Crippen LogP contribution in [0.3, 0.4) is 0 Å². The first-order chi connectivity index (χ1) is 16.4. The quantitative estimate of drug-likeness (QED) is 0.227. The maximum Gasteiger partial charge on any atom is 0.341 e. The minimum Gasteiger partial charge on any atom is -0.462 e. The van der Waals surface area contributed by atoms with E-state index < -0.39 is 0 Å². The zero-order valence-electron chi connectivity index (χ0n) is 20.0. The Kier molecular flexibility index (Phi) is 8.10. The summed E-state index contributed by atoms with van der Waals surface area (Å²) in [4.78, 5) is 28.0. The molecule has 34 heavy (non-hydrogen) atoms. The Balaban J connectivity index is 1.45. The summed E-state index contributed by atoms with van der Waals surface area (Å²) in [6.45, 7) is 6.45. The van der Waals surface area contributed by atoms with Gasteiger partial charge in [-0.3, -0.25) is 4.79 Å². The molecule has 0 radical (unpaired) electrons. The van der Waals surface area contributed by atoms with Crippen LogP contribution in [0.4, 0.5) is 5.00 Å². The molecule has 10 heteroatoms. The van der Waals surface area contributed by atoms with Gasteiger partial charge in [0.25, 0.3) is 0 Å². The van der Waals surface area contributed by atoms with Gasteiger partial charge >= 0.3 is 5.97 Å². The van der Waals surface area contributed by atoms with Crippen molar-refractivity contribution < 1.29 is 14.3 Å². The monoisotopic (exact) mass is 518 g/mol. The fourth-order valence-corrected chi connectivity index (χ4v) is 6.92. The van der Waals surface area contributed by atoms with E-state index in [1.807, 2.05) is 11.6 Å². The van der Waals surface area contributed by atoms with Gasteiger partial charge in [-0.15, -0.1) is 32.9 Å². The van der Waals surface area contributed by atoms with Gasteiger partial charge in [0.2, 0.25) is 5.91 Å². The number of nitrogens with one attached hydrogen (secondary N) is 1. The summed E-state index contributed by atoms with van der Waals surface area (Å²) in [7, 11) is 1.91. The number of hydrogen-bond donors (Lipinski definition) is 1. The number of anilines is 1. The molecule has 1 N–H and O–H groups in total. The molecule has 0 saturated heterocycles. The minimum atomic E-state index is -0.348. The molecule has 0 unspecified atom stereocenters. The second kappa shape index (κ2) is 11.0. The van der Waals surface area contributed by atoms with Crippen LogP contribution in [-0.2, 0) is 29.4 Å². The van der Waals surface area contributed by atoms with E-state index in [2.05, 4.69) is 40.8 Å². The van der Waals surface area contributed by atoms with Crippen LogP contribution in [0.15, 0.2) is 16.6 Å². The summed E-state index contributed by atoms with van der Waals surface area (Å²) in [5, 5.41) is 15.0. The van der Waals surface area contributed by atoms with Crippen molar-refractivity contribution in [3.05, 3.63) is 32.3 Å². The zero-order valence-corrected chi connectivity index (χ0v) is 22.4. The van der Waals surface area contributed by atoms with Gasteiger partial charge in [-0.2, -0.15) is 0 Å². The fourth-order valence-electron chi connectivity index (χ4n) is 4.01. The van der Waals surface area contributed by atoms with Crippen molar-refractivity contribution in [1.82, 2.24) is 14.8 Å². The van der Waals surface area contributed by atoms with E-state index in [1.54, 1.807) is 18.3 Å². The highest BCUT2D eigenvalue weighted by atomic mass is 32.2. The molecule has 1 aliphatic carbocycles. The molecule has 0 fully saturated rings. The number of thioether (sulfide) groups is 1. The second-order valence-corrected chi connectivity index (χ2v) is 11.6. The number of ether oxygens (including phenoxy) is 1. The largest absolute Gasteiger partial charge is 0.462 e. The molecule has 0 saturated carbocycles. The molecule has 1 aliphatic rings. The van der Waals surface area contributed by atoms with Crippen LogP contribution in [0.1, 0.15) is 71.6 Å². The Morgan fingerprint density at radius 2 is 2.03 bits per heavy atom. The van der Waals surface area contributed by atoms with Crippen LogP contribution in [-0.4, -0.2) is 39.0 Å². The van der Waals surface area contributed by atoms with Gasteiger partial charge in [0.1, 0.15) is 5.00 Å². The smallest absolute Gasteiger partial charge is 0.341 e. The number of aromatic nitrogens is 3. The average molecular weight is 519 g/mol. The van der Waals surface area contributed by atoms with Gasteiger partial charge in [-0.05, 0) is 50.2 Å². The summed E-state index contributed by atoms with van der Waals surface area (Å²) < 4.78 is 7.23. The number of nitrogens with zero attached hydrogens (tertiary/aromatic N) is 3. The van der Waals surface area contributed by atoms with E-state index in [4.69, 9.17) is 4.74 Å². The molecular formula is C24H30N4O3S3. The molecule has 4 rings (SSSR count). The van der Waals surface area contributed by atoms with Crippen molar-refractivity contribution in [2.24, 2.45) is 7.05 Å². The van der Waals surface area contributed by atoms with Crippen LogP contribution in [0, 0.1) is 0 Å². The predicted octanol–water partition coefficient (Wildman–Crippen LogP) is 5.90. The SMILES string of the molecule is CCOC(=O)c1c(NC(=O)CSc2nnc(-c3csc(C(C)C)c3)n2C)sc2c1CCCCC2. The number of aryl methyl sites for hydroxylation is 1. The van der Waals surface area contributed by atoms with E-state index in [-0.39, 0.29) is 17.6 Å². The van der Waals surface area contributed by atoms with E-state index in [1.165, 1.54) is 32.9 Å². The highest BCUT2D eigenvalue weighted by Crippen LogP contribution is 2.38. The molecule has 3 aromatic rings. The lowest BCUT2D eigenvalue weighted by Crippen LogP contribution is -2.17. The number of hydrogen-bond acceptors (Lipinski definition) is 8. The lowest BCUT2D eigenvalue weighted by Gasteiger charge is -2.08. The van der Waals surface area contributed by atoms with Crippen LogP contribution in [0.2, 0.25) is 0 Å². The van der Waals surface area contributed by atoms with Crippen molar-refractivity contribution >= 4 is 51.3 Å². The molecule has 3 heterocycles. The molecule has 0 bridgehead atoms. The minimum absolute atomic E-state index is 0.172. The Labute approximate surface area is 212 Å². The summed E-state index contributed by atoms with van der Waals surface area (Å²) in [5.41, 5.74) is 2.64. The lowest BCUT2D eigenvalue weighted by atomic mass is 10.1. The Morgan fingerprint density at radius 1 is 1.24 bits per heavy atom. The summed E-state index contributed by atoms with van der Waals surface area (Å²) in [6.07, 6.45) is 5.12. The van der Waals surface area contributed by atoms with Crippen LogP contribution in [0.5, 0.6) is 0 Å². The lowest BCUT2D eigenvalue weighted by molar-refractivity contribution is -0.113. The average Bonchev–Trinajstić information content (AvgIpc) is 3.46.